The van der Waals surface area contributed by atoms with E-state index in [0.717, 1.165) is 53.4 Å². The van der Waals surface area contributed by atoms with E-state index in [1.807, 2.05) is 33.6 Å². The number of methoxy groups -OCH3 is 1. The number of hydrogen-bond acceptors (Lipinski definition) is 8. The lowest BCUT2D eigenvalue weighted by atomic mass is 9.93. The minimum Gasteiger partial charge on any atom is -0.479 e. The first-order valence-corrected chi connectivity index (χ1v) is 11.8. The molecule has 1 saturated carbocycles. The number of hydrogen-bond donors (Lipinski definition) is 2. The maximum atomic E-state index is 8.95. The largest absolute Gasteiger partial charge is 0.479 e. The summed E-state index contributed by atoms with van der Waals surface area (Å²) in [6.07, 6.45) is 5.99. The molecule has 0 saturated heterocycles. The summed E-state index contributed by atoms with van der Waals surface area (Å²) in [5, 5.41) is 25.7. The summed E-state index contributed by atoms with van der Waals surface area (Å²) >= 11 is 0. The molecule has 2 N–H and O–H groups in total. The summed E-state index contributed by atoms with van der Waals surface area (Å²) < 4.78 is 15.1. The smallest absolute Gasteiger partial charge is 0.244 e. The zero-order valence-electron chi connectivity index (χ0n) is 19.8. The molecule has 3 heterocycles. The Hall–Kier alpha value is -3.24. The van der Waals surface area contributed by atoms with E-state index in [1.165, 1.54) is 0 Å². The predicted octanol–water partition coefficient (Wildman–Crippen LogP) is 3.46. The van der Waals surface area contributed by atoms with Gasteiger partial charge in [-0.2, -0.15) is 4.98 Å². The van der Waals surface area contributed by atoms with Crippen molar-refractivity contribution in [2.75, 3.05) is 25.6 Å². The summed E-state index contributed by atoms with van der Waals surface area (Å²) in [4.78, 5) is 4.68. The molecule has 0 bridgehead atoms. The van der Waals surface area contributed by atoms with Crippen LogP contribution >= 0.6 is 0 Å². The molecule has 1 aromatic carbocycles. The number of ether oxygens (including phenoxy) is 2. The normalized spacial score (nSPS) is 18.7. The van der Waals surface area contributed by atoms with E-state index < -0.39 is 0 Å². The van der Waals surface area contributed by atoms with Crippen LogP contribution in [-0.4, -0.2) is 67.2 Å². The van der Waals surface area contributed by atoms with Crippen molar-refractivity contribution in [3.8, 4) is 17.0 Å². The average molecular weight is 466 g/mol. The third-order valence-corrected chi connectivity index (χ3v) is 6.40. The Balaban J connectivity index is 1.41. The highest BCUT2D eigenvalue weighted by Crippen LogP contribution is 2.33. The predicted molar refractivity (Wildman–Crippen MR) is 129 cm³/mol. The molecule has 0 spiro atoms. The first-order chi connectivity index (χ1) is 16.6. The van der Waals surface area contributed by atoms with Crippen LogP contribution in [0.2, 0.25) is 0 Å². The number of benzene rings is 1. The summed E-state index contributed by atoms with van der Waals surface area (Å²) in [5.74, 6) is 1.07. The second-order valence-corrected chi connectivity index (χ2v) is 9.01. The second kappa shape index (κ2) is 9.55. The minimum atomic E-state index is 0.0663. The first-order valence-electron chi connectivity index (χ1n) is 11.8. The molecule has 0 aliphatic heterocycles. The summed E-state index contributed by atoms with van der Waals surface area (Å²) in [6.45, 7) is 4.65. The molecule has 0 amide bonds. The van der Waals surface area contributed by atoms with Crippen LogP contribution in [0.15, 0.2) is 30.5 Å². The van der Waals surface area contributed by atoms with E-state index in [0.29, 0.717) is 18.4 Å². The number of aliphatic hydroxyl groups is 1. The third-order valence-electron chi connectivity index (χ3n) is 6.40. The molecule has 34 heavy (non-hydrogen) atoms. The Labute approximate surface area is 197 Å². The quantitative estimate of drug-likeness (QED) is 0.407. The van der Waals surface area contributed by atoms with Crippen molar-refractivity contribution in [2.24, 2.45) is 0 Å². The van der Waals surface area contributed by atoms with Gasteiger partial charge in [0.1, 0.15) is 11.0 Å². The molecule has 1 aliphatic carbocycles. The molecule has 1 fully saturated rings. The zero-order chi connectivity index (χ0) is 23.7. The van der Waals surface area contributed by atoms with Crippen LogP contribution in [0.5, 0.6) is 5.88 Å². The molecule has 0 radical (unpaired) electrons. The average Bonchev–Trinajstić information content (AvgIpc) is 3.47. The molecule has 0 atom stereocenters. The summed E-state index contributed by atoms with van der Waals surface area (Å²) in [5.41, 5.74) is 4.69. The fourth-order valence-electron chi connectivity index (χ4n) is 4.69. The van der Waals surface area contributed by atoms with Gasteiger partial charge in [0.05, 0.1) is 31.9 Å². The Morgan fingerprint density at radius 3 is 2.74 bits per heavy atom. The van der Waals surface area contributed by atoms with Gasteiger partial charge in [-0.25, -0.2) is 9.20 Å². The second-order valence-electron chi connectivity index (χ2n) is 9.01. The van der Waals surface area contributed by atoms with Crippen LogP contribution in [0.25, 0.3) is 27.7 Å². The molecule has 10 heteroatoms. The fraction of sp³-hybridized carbons (Fsp3) is 0.500. The van der Waals surface area contributed by atoms with Crippen LogP contribution in [0, 0.1) is 0 Å². The highest BCUT2D eigenvalue weighted by Gasteiger charge is 2.23. The van der Waals surface area contributed by atoms with Crippen LogP contribution < -0.4 is 10.1 Å². The first kappa shape index (κ1) is 22.5. The Morgan fingerprint density at radius 2 is 2.00 bits per heavy atom. The summed E-state index contributed by atoms with van der Waals surface area (Å²) in [6, 6.07) is 8.66. The molecule has 3 aromatic heterocycles. The van der Waals surface area contributed by atoms with Gasteiger partial charge in [-0.3, -0.25) is 0 Å². The fourth-order valence-corrected chi connectivity index (χ4v) is 4.69. The van der Waals surface area contributed by atoms with E-state index >= 15 is 0 Å². The monoisotopic (exact) mass is 465 g/mol. The van der Waals surface area contributed by atoms with Gasteiger partial charge in [-0.1, -0.05) is 11.3 Å². The number of aromatic nitrogens is 6. The highest BCUT2D eigenvalue weighted by molar-refractivity contribution is 5.89. The lowest BCUT2D eigenvalue weighted by molar-refractivity contribution is 0.00718. The molecule has 4 aromatic rings. The molecular formula is C24H31N7O3. The van der Waals surface area contributed by atoms with Gasteiger partial charge in [0.2, 0.25) is 11.8 Å². The standard InChI is InChI=1S/C24H31N7O3/c1-15(2)31-21-14-16(4-9-20(21)27-29-31)19-10-11-30-22(19)23(33-3)26-24(28-30)25-17-5-7-18(8-6-17)34-13-12-32/h4,9-11,14-15,17-18,32H,5-8,12-13H2,1-3H3,(H,25,28)/t17-,18+. The van der Waals surface area contributed by atoms with Gasteiger partial charge < -0.3 is 19.9 Å². The lowest BCUT2D eigenvalue weighted by Crippen LogP contribution is -2.31. The number of fused-ring (bicyclic) bond motifs is 2. The van der Waals surface area contributed by atoms with Crippen molar-refractivity contribution in [1.29, 1.82) is 0 Å². The van der Waals surface area contributed by atoms with Crippen molar-refractivity contribution in [1.82, 2.24) is 29.6 Å². The van der Waals surface area contributed by atoms with Gasteiger partial charge in [0.25, 0.3) is 0 Å². The van der Waals surface area contributed by atoms with Gasteiger partial charge in [-0.05, 0) is 63.3 Å². The van der Waals surface area contributed by atoms with E-state index in [2.05, 4.69) is 40.5 Å². The molecule has 0 unspecified atom stereocenters. The van der Waals surface area contributed by atoms with Gasteiger partial charge in [0.15, 0.2) is 0 Å². The number of nitrogens with one attached hydrogen (secondary N) is 1. The molecule has 1 aliphatic rings. The maximum absolute atomic E-state index is 8.95. The number of aliphatic hydroxyl groups excluding tert-OH is 1. The Bertz CT molecular complexity index is 1270. The van der Waals surface area contributed by atoms with E-state index in [4.69, 9.17) is 19.7 Å². The minimum absolute atomic E-state index is 0.0663. The summed E-state index contributed by atoms with van der Waals surface area (Å²) in [7, 11) is 1.63. The topological polar surface area (TPSA) is 112 Å². The van der Waals surface area contributed by atoms with Crippen LogP contribution in [0.3, 0.4) is 0 Å². The van der Waals surface area contributed by atoms with E-state index in [-0.39, 0.29) is 24.8 Å². The van der Waals surface area contributed by atoms with Crippen molar-refractivity contribution < 1.29 is 14.6 Å². The van der Waals surface area contributed by atoms with Gasteiger partial charge in [-0.15, -0.1) is 10.2 Å². The highest BCUT2D eigenvalue weighted by atomic mass is 16.5. The molecule has 180 valence electrons. The van der Waals surface area contributed by atoms with E-state index in [1.54, 1.807) is 7.11 Å². The zero-order valence-corrected chi connectivity index (χ0v) is 19.8. The van der Waals surface area contributed by atoms with Crippen LogP contribution in [0.1, 0.15) is 45.6 Å². The SMILES string of the molecule is COc1nc(N[C@H]2CC[C@@H](OCCO)CC2)nn2ccc(-c3ccc4nnn(C(C)C)c4c3)c12. The van der Waals surface area contributed by atoms with Crippen molar-refractivity contribution in [3.05, 3.63) is 30.5 Å². The van der Waals surface area contributed by atoms with Gasteiger partial charge >= 0.3 is 0 Å². The maximum Gasteiger partial charge on any atom is 0.244 e. The van der Waals surface area contributed by atoms with Crippen molar-refractivity contribution >= 4 is 22.5 Å². The van der Waals surface area contributed by atoms with Crippen molar-refractivity contribution in [2.45, 2.75) is 57.7 Å². The van der Waals surface area contributed by atoms with Gasteiger partial charge in [0, 0.05) is 23.8 Å². The number of nitrogens with zero attached hydrogens (tertiary/aromatic N) is 6. The van der Waals surface area contributed by atoms with Crippen LogP contribution in [-0.2, 0) is 4.74 Å². The van der Waals surface area contributed by atoms with Crippen LogP contribution in [0.4, 0.5) is 5.95 Å². The lowest BCUT2D eigenvalue weighted by Gasteiger charge is -2.29. The molecule has 5 rings (SSSR count). The molecule has 10 nitrogen and oxygen atoms in total. The number of anilines is 1. The van der Waals surface area contributed by atoms with Crippen molar-refractivity contribution in [3.63, 3.8) is 0 Å². The van der Waals surface area contributed by atoms with E-state index in [9.17, 15) is 0 Å². The molecular weight excluding hydrogens is 434 g/mol. The Kier molecular flexibility index (Phi) is 6.34. The number of rotatable bonds is 8. The Morgan fingerprint density at radius 1 is 1.18 bits per heavy atom. The third kappa shape index (κ3) is 4.30.